The lowest BCUT2D eigenvalue weighted by molar-refractivity contribution is -0.148. The highest BCUT2D eigenvalue weighted by atomic mass is 19.1. The Hall–Kier alpha value is -3.00. The van der Waals surface area contributed by atoms with E-state index in [0.29, 0.717) is 18.6 Å². The average molecular weight is 407 g/mol. The maximum Gasteiger partial charge on any atom is 0.260 e. The van der Waals surface area contributed by atoms with E-state index in [4.69, 9.17) is 4.74 Å². The molecule has 0 saturated carbocycles. The van der Waals surface area contributed by atoms with Crippen LogP contribution in [0.3, 0.4) is 0 Å². The first-order valence-corrected chi connectivity index (χ1v) is 10.4. The average Bonchev–Trinajstić information content (AvgIpc) is 3.47. The number of piperidine rings is 1. The molecular formula is C22H22FN5O2. The van der Waals surface area contributed by atoms with Gasteiger partial charge >= 0.3 is 0 Å². The summed E-state index contributed by atoms with van der Waals surface area (Å²) in [6.07, 6.45) is 1.62. The minimum absolute atomic E-state index is 0.0443. The number of alkyl halides is 1. The van der Waals surface area contributed by atoms with E-state index in [2.05, 4.69) is 10.1 Å². The highest BCUT2D eigenvalue weighted by Gasteiger charge is 2.62. The van der Waals surface area contributed by atoms with E-state index in [1.807, 2.05) is 53.4 Å². The number of carbonyl (C=O) groups is 1. The highest BCUT2D eigenvalue weighted by molar-refractivity contribution is 5.89. The lowest BCUT2D eigenvalue weighted by Crippen LogP contribution is -2.58. The number of hydrogen-bond acceptors (Lipinski definition) is 5. The number of amides is 1. The number of pyridine rings is 1. The van der Waals surface area contributed by atoms with Crippen molar-refractivity contribution >= 4 is 17.4 Å². The number of nitrogens with zero attached hydrogens (tertiary/aromatic N) is 5. The van der Waals surface area contributed by atoms with Crippen molar-refractivity contribution in [3.8, 4) is 0 Å². The summed E-state index contributed by atoms with van der Waals surface area (Å²) in [5, 5.41) is 4.25. The van der Waals surface area contributed by atoms with E-state index in [1.54, 1.807) is 9.42 Å². The molecule has 3 aliphatic rings. The summed E-state index contributed by atoms with van der Waals surface area (Å²) < 4.78 is 23.5. The molecule has 7 nitrogen and oxygen atoms in total. The van der Waals surface area contributed by atoms with Gasteiger partial charge in [-0.1, -0.05) is 36.4 Å². The van der Waals surface area contributed by atoms with Crippen LogP contribution in [0.5, 0.6) is 0 Å². The lowest BCUT2D eigenvalue weighted by atomic mass is 9.88. The number of carbonyl (C=O) groups excluding carboxylic acids is 1. The zero-order valence-corrected chi connectivity index (χ0v) is 16.4. The van der Waals surface area contributed by atoms with Gasteiger partial charge in [0, 0.05) is 13.0 Å². The minimum Gasteiger partial charge on any atom is -0.353 e. The SMILES string of the molecule is O=C1N2C(CCC2c2ccccc2)OC12CCN(c1cccc3ncnn13)CC2F. The topological polar surface area (TPSA) is 63.0 Å². The predicted molar refractivity (Wildman–Crippen MR) is 108 cm³/mol. The van der Waals surface area contributed by atoms with Crippen LogP contribution in [0.2, 0.25) is 0 Å². The van der Waals surface area contributed by atoms with Gasteiger partial charge in [0.25, 0.3) is 5.91 Å². The molecule has 30 heavy (non-hydrogen) atoms. The molecule has 0 radical (unpaired) electrons. The maximum atomic E-state index is 15.6. The van der Waals surface area contributed by atoms with E-state index in [1.165, 1.54) is 6.33 Å². The summed E-state index contributed by atoms with van der Waals surface area (Å²) in [4.78, 5) is 21.4. The largest absolute Gasteiger partial charge is 0.353 e. The van der Waals surface area contributed by atoms with Crippen molar-refractivity contribution in [2.75, 3.05) is 18.0 Å². The fourth-order valence-electron chi connectivity index (χ4n) is 5.22. The number of anilines is 1. The molecule has 154 valence electrons. The van der Waals surface area contributed by atoms with Crippen molar-refractivity contribution in [2.24, 2.45) is 0 Å². The molecule has 3 aliphatic heterocycles. The van der Waals surface area contributed by atoms with E-state index in [0.717, 1.165) is 24.2 Å². The molecule has 1 amide bonds. The first kappa shape index (κ1) is 17.8. The molecule has 4 unspecified atom stereocenters. The van der Waals surface area contributed by atoms with Gasteiger partial charge in [0.05, 0.1) is 12.6 Å². The monoisotopic (exact) mass is 407 g/mol. The normalized spacial score (nSPS) is 31.1. The third kappa shape index (κ3) is 2.43. The maximum absolute atomic E-state index is 15.6. The number of rotatable bonds is 2. The standard InChI is InChI=1S/C22H22FN5O2/c23-17-13-26(19-8-4-7-18-24-14-25-28(18)19)12-11-22(17)21(29)27-16(9-10-20(27)30-22)15-5-2-1-3-6-15/h1-8,14,16-17,20H,9-13H2. The summed E-state index contributed by atoms with van der Waals surface area (Å²) >= 11 is 0. The number of halogens is 1. The zero-order valence-electron chi connectivity index (χ0n) is 16.4. The van der Waals surface area contributed by atoms with Crippen LogP contribution in [0, 0.1) is 0 Å². The van der Waals surface area contributed by atoms with Crippen molar-refractivity contribution in [1.82, 2.24) is 19.5 Å². The lowest BCUT2D eigenvalue weighted by Gasteiger charge is -2.40. The van der Waals surface area contributed by atoms with Crippen LogP contribution < -0.4 is 4.90 Å². The van der Waals surface area contributed by atoms with E-state index >= 15 is 4.39 Å². The van der Waals surface area contributed by atoms with Gasteiger partial charge in [-0.05, 0) is 30.5 Å². The van der Waals surface area contributed by atoms with Crippen molar-refractivity contribution in [2.45, 2.75) is 43.3 Å². The molecule has 2 aromatic heterocycles. The van der Waals surface area contributed by atoms with Gasteiger partial charge in [-0.2, -0.15) is 9.61 Å². The molecule has 0 N–H and O–H groups in total. The quantitative estimate of drug-likeness (QED) is 0.654. The molecule has 3 saturated heterocycles. The Labute approximate surface area is 173 Å². The number of benzene rings is 1. The molecule has 3 fully saturated rings. The number of aromatic nitrogens is 3. The predicted octanol–water partition coefficient (Wildman–Crippen LogP) is 2.74. The number of ether oxygens (including phenoxy) is 1. The molecular weight excluding hydrogens is 385 g/mol. The molecule has 8 heteroatoms. The van der Waals surface area contributed by atoms with E-state index < -0.39 is 11.8 Å². The Kier molecular flexibility index (Phi) is 3.86. The summed E-state index contributed by atoms with van der Waals surface area (Å²) in [6, 6.07) is 15.6. The Morgan fingerprint density at radius 1 is 1.10 bits per heavy atom. The van der Waals surface area contributed by atoms with Crippen LogP contribution in [0.25, 0.3) is 5.65 Å². The number of fused-ring (bicyclic) bond motifs is 2. The van der Waals surface area contributed by atoms with Gasteiger partial charge < -0.3 is 14.5 Å². The molecule has 0 aliphatic carbocycles. The molecule has 3 aromatic rings. The van der Waals surface area contributed by atoms with Gasteiger partial charge in [0.1, 0.15) is 18.4 Å². The second-order valence-electron chi connectivity index (χ2n) is 8.26. The van der Waals surface area contributed by atoms with Gasteiger partial charge in [0.15, 0.2) is 17.4 Å². The molecule has 6 rings (SSSR count). The van der Waals surface area contributed by atoms with E-state index in [-0.39, 0.29) is 24.7 Å². The van der Waals surface area contributed by atoms with Crippen LogP contribution in [-0.2, 0) is 9.53 Å². The van der Waals surface area contributed by atoms with Crippen LogP contribution in [-0.4, -0.2) is 56.5 Å². The van der Waals surface area contributed by atoms with Crippen LogP contribution in [0.15, 0.2) is 54.9 Å². The third-order valence-corrected chi connectivity index (χ3v) is 6.71. The Balaban J connectivity index is 1.27. The van der Waals surface area contributed by atoms with Crippen LogP contribution in [0.1, 0.15) is 30.9 Å². The van der Waals surface area contributed by atoms with Crippen molar-refractivity contribution in [3.63, 3.8) is 0 Å². The fourth-order valence-corrected chi connectivity index (χ4v) is 5.22. The van der Waals surface area contributed by atoms with Crippen molar-refractivity contribution in [1.29, 1.82) is 0 Å². The second-order valence-corrected chi connectivity index (χ2v) is 8.26. The molecule has 0 bridgehead atoms. The Morgan fingerprint density at radius 2 is 1.97 bits per heavy atom. The summed E-state index contributed by atoms with van der Waals surface area (Å²) in [6.45, 7) is 0.600. The third-order valence-electron chi connectivity index (χ3n) is 6.71. The molecule has 4 atom stereocenters. The van der Waals surface area contributed by atoms with Gasteiger partial charge in [0.2, 0.25) is 0 Å². The summed E-state index contributed by atoms with van der Waals surface area (Å²) in [5.74, 6) is 0.570. The minimum atomic E-state index is -1.42. The van der Waals surface area contributed by atoms with E-state index in [9.17, 15) is 4.79 Å². The molecule has 1 spiro atoms. The van der Waals surface area contributed by atoms with Gasteiger partial charge in [-0.3, -0.25) is 4.79 Å². The molecule has 1 aromatic carbocycles. The van der Waals surface area contributed by atoms with Crippen molar-refractivity contribution in [3.05, 3.63) is 60.4 Å². The van der Waals surface area contributed by atoms with Crippen LogP contribution >= 0.6 is 0 Å². The summed E-state index contributed by atoms with van der Waals surface area (Å²) in [7, 11) is 0. The van der Waals surface area contributed by atoms with Crippen molar-refractivity contribution < 1.29 is 13.9 Å². The zero-order chi connectivity index (χ0) is 20.3. The Morgan fingerprint density at radius 3 is 2.80 bits per heavy atom. The molecule has 5 heterocycles. The first-order valence-electron chi connectivity index (χ1n) is 10.4. The summed E-state index contributed by atoms with van der Waals surface area (Å²) in [5.41, 5.74) is 0.410. The second kappa shape index (κ2) is 6.50. The highest BCUT2D eigenvalue weighted by Crippen LogP contribution is 2.48. The Bertz CT molecular complexity index is 1110. The first-order chi connectivity index (χ1) is 14.7. The van der Waals surface area contributed by atoms with Gasteiger partial charge in [-0.15, -0.1) is 0 Å². The van der Waals surface area contributed by atoms with Crippen LogP contribution in [0.4, 0.5) is 10.2 Å². The smallest absolute Gasteiger partial charge is 0.260 e. The van der Waals surface area contributed by atoms with Gasteiger partial charge in [-0.25, -0.2) is 9.37 Å². The number of hydrogen-bond donors (Lipinski definition) is 0. The fraction of sp³-hybridized carbons (Fsp3) is 0.409.